The number of Topliss-reactive ketones (excluding diaryl/α,β-unsaturated/α-hetero) is 2. The first-order chi connectivity index (χ1) is 26.5. The molecule has 290 valence electrons. The number of amides is 4. The number of fused-ring (bicyclic) bond motifs is 6. The van der Waals surface area contributed by atoms with Crippen LogP contribution in [0.2, 0.25) is 0 Å². The van der Waals surface area contributed by atoms with Gasteiger partial charge in [-0.3, -0.25) is 34.1 Å². The van der Waals surface area contributed by atoms with Gasteiger partial charge in [-0.05, 0) is 124 Å². The van der Waals surface area contributed by atoms with E-state index >= 15 is 0 Å². The van der Waals surface area contributed by atoms with Crippen molar-refractivity contribution in [3.63, 3.8) is 0 Å². The van der Waals surface area contributed by atoms with Crippen molar-refractivity contribution in [2.45, 2.75) is 90.5 Å². The fourth-order valence-corrected chi connectivity index (χ4v) is 11.4. The van der Waals surface area contributed by atoms with E-state index in [4.69, 9.17) is 4.74 Å². The van der Waals surface area contributed by atoms with Crippen LogP contribution in [0.1, 0.15) is 105 Å². The molecule has 0 aromatic heterocycles. The van der Waals surface area contributed by atoms with Crippen molar-refractivity contribution in [2.24, 2.45) is 46.3 Å². The quantitative estimate of drug-likeness (QED) is 0.119. The van der Waals surface area contributed by atoms with Gasteiger partial charge in [0, 0.05) is 58.9 Å². The highest BCUT2D eigenvalue weighted by Crippen LogP contribution is 2.65. The summed E-state index contributed by atoms with van der Waals surface area (Å²) in [6, 6.07) is 13.0. The Morgan fingerprint density at radius 3 is 2.53 bits per heavy atom. The van der Waals surface area contributed by atoms with Crippen LogP contribution in [-0.4, -0.2) is 54.4 Å². The summed E-state index contributed by atoms with van der Waals surface area (Å²) < 4.78 is 6.07. The molecule has 1 saturated heterocycles. The number of ketones is 2. The van der Waals surface area contributed by atoms with Crippen LogP contribution in [0.5, 0.6) is 5.75 Å². The number of rotatable bonds is 11. The van der Waals surface area contributed by atoms with E-state index in [-0.39, 0.29) is 64.9 Å². The number of imide groups is 1. The minimum atomic E-state index is -1.07. The van der Waals surface area contributed by atoms with Crippen molar-refractivity contribution in [1.82, 2.24) is 10.6 Å². The Morgan fingerprint density at radius 2 is 1.69 bits per heavy atom. The topological polar surface area (TPSA) is 160 Å². The Bertz CT molecular complexity index is 1960. The summed E-state index contributed by atoms with van der Waals surface area (Å²) in [4.78, 5) is 76.1. The summed E-state index contributed by atoms with van der Waals surface area (Å²) in [5.74, 6) is -1.09. The second-order valence-corrected chi connectivity index (χ2v) is 17.3. The van der Waals surface area contributed by atoms with Crippen LogP contribution >= 0.6 is 0 Å². The Labute approximate surface area is 322 Å². The third-order valence-corrected chi connectivity index (χ3v) is 14.3. The number of nitrogens with one attached hydrogen (secondary N) is 4. The van der Waals surface area contributed by atoms with Crippen LogP contribution in [0.3, 0.4) is 0 Å². The van der Waals surface area contributed by atoms with Gasteiger partial charge >= 0.3 is 0 Å². The standard InChI is InChI=1S/C44H52N4O7/c1-43-19-17-33-29(11-15-35-44(33,2)20-18-37(50)47-35)32(43)13-14-34(43)42(54)46-26-7-6-8-27(23-26)55-22-5-3-4-21-45-25-9-10-28-31(24-25)40(52)38(39(28)51)30-12-16-36(49)48-41(30)53/h6-10,18,20,23-24,29-30,32-35,38,45H,3-5,11-17,19,21-22H2,1-2H3,(H,46,54)(H,47,50)(H,48,49,53)/t29-,30?,32-,33-,34+,35+,38?,43-,44+/m0/s1. The first-order valence-corrected chi connectivity index (χ1v) is 20.3. The summed E-state index contributed by atoms with van der Waals surface area (Å²) >= 11 is 0. The largest absolute Gasteiger partial charge is 0.494 e. The van der Waals surface area contributed by atoms with E-state index in [0.717, 1.165) is 74.9 Å². The SMILES string of the molecule is C[C@]12C=CC(=O)N[C@@H]1CC[C@@H]1[C@@H]2CC[C@]2(C)[C@@H](C(=O)Nc3cccc(OCCCCCNc4ccc5c(c4)C(=O)C(C4CCC(=O)NC4=O)C5=O)c3)CC[C@@H]12. The minimum Gasteiger partial charge on any atom is -0.494 e. The molecule has 4 fully saturated rings. The molecule has 2 aromatic rings. The van der Waals surface area contributed by atoms with Gasteiger partial charge in [0.1, 0.15) is 5.75 Å². The summed E-state index contributed by atoms with van der Waals surface area (Å²) in [6.07, 6.45) is 13.1. The predicted octanol–water partition coefficient (Wildman–Crippen LogP) is 6.25. The molecule has 11 heteroatoms. The van der Waals surface area contributed by atoms with Crippen LogP contribution in [-0.2, 0) is 19.2 Å². The van der Waals surface area contributed by atoms with Gasteiger partial charge in [-0.1, -0.05) is 26.0 Å². The summed E-state index contributed by atoms with van der Waals surface area (Å²) in [5.41, 5.74) is 2.10. The van der Waals surface area contributed by atoms with Gasteiger partial charge in [0.2, 0.25) is 23.6 Å². The van der Waals surface area contributed by atoms with Crippen molar-refractivity contribution in [3.05, 3.63) is 65.7 Å². The highest BCUT2D eigenvalue weighted by molar-refractivity contribution is 6.28. The van der Waals surface area contributed by atoms with Crippen LogP contribution in [0.15, 0.2) is 54.6 Å². The molecule has 0 spiro atoms. The first-order valence-electron chi connectivity index (χ1n) is 20.3. The molecule has 11 nitrogen and oxygen atoms in total. The van der Waals surface area contributed by atoms with Gasteiger partial charge in [-0.2, -0.15) is 0 Å². The van der Waals surface area contributed by atoms with Gasteiger partial charge in [-0.15, -0.1) is 0 Å². The fourth-order valence-electron chi connectivity index (χ4n) is 11.4. The normalized spacial score (nSPS) is 33.5. The minimum absolute atomic E-state index is 0.0153. The molecule has 4 amide bonds. The zero-order valence-corrected chi connectivity index (χ0v) is 31.8. The molecule has 0 radical (unpaired) electrons. The summed E-state index contributed by atoms with van der Waals surface area (Å²) in [5, 5.41) is 12.1. The number of carbonyl (C=O) groups is 6. The number of carbonyl (C=O) groups excluding carboxylic acids is 6. The van der Waals surface area contributed by atoms with Crippen LogP contribution in [0, 0.1) is 46.3 Å². The molecule has 2 unspecified atom stereocenters. The first kappa shape index (κ1) is 37.1. The van der Waals surface area contributed by atoms with E-state index in [1.807, 2.05) is 24.3 Å². The van der Waals surface area contributed by atoms with Crippen LogP contribution in [0.4, 0.5) is 11.4 Å². The van der Waals surface area contributed by atoms with Crippen molar-refractivity contribution < 1.29 is 33.5 Å². The lowest BCUT2D eigenvalue weighted by atomic mass is 9.48. The molecule has 0 bridgehead atoms. The Balaban J connectivity index is 0.778. The lowest BCUT2D eigenvalue weighted by Gasteiger charge is -2.58. The van der Waals surface area contributed by atoms with Crippen molar-refractivity contribution in [3.8, 4) is 5.75 Å². The third kappa shape index (κ3) is 6.77. The van der Waals surface area contributed by atoms with Crippen molar-refractivity contribution in [2.75, 3.05) is 23.8 Å². The van der Waals surface area contributed by atoms with Crippen molar-refractivity contribution in [1.29, 1.82) is 0 Å². The second-order valence-electron chi connectivity index (χ2n) is 17.3. The molecule has 2 aromatic carbocycles. The monoisotopic (exact) mass is 748 g/mol. The number of hydrogen-bond acceptors (Lipinski definition) is 8. The molecular formula is C44H52N4O7. The molecule has 8 rings (SSSR count). The number of benzene rings is 2. The molecule has 3 saturated carbocycles. The third-order valence-electron chi connectivity index (χ3n) is 14.3. The Morgan fingerprint density at radius 1 is 0.855 bits per heavy atom. The van der Waals surface area contributed by atoms with E-state index in [2.05, 4.69) is 41.2 Å². The molecule has 55 heavy (non-hydrogen) atoms. The molecule has 9 atom stereocenters. The number of piperidine rings is 1. The highest BCUT2D eigenvalue weighted by atomic mass is 16.5. The fraction of sp³-hybridized carbons (Fsp3) is 0.545. The van der Waals surface area contributed by atoms with E-state index in [0.29, 0.717) is 42.0 Å². The molecule has 2 aliphatic heterocycles. The maximum absolute atomic E-state index is 13.9. The molecule has 6 aliphatic rings. The van der Waals surface area contributed by atoms with E-state index in [1.165, 1.54) is 0 Å². The zero-order chi connectivity index (χ0) is 38.5. The van der Waals surface area contributed by atoms with Gasteiger partial charge in [-0.25, -0.2) is 0 Å². The maximum Gasteiger partial charge on any atom is 0.243 e. The Kier molecular flexibility index (Phi) is 9.92. The lowest BCUT2D eigenvalue weighted by molar-refractivity contribution is -0.137. The van der Waals surface area contributed by atoms with Crippen LogP contribution < -0.4 is 26.0 Å². The number of ether oxygens (including phenoxy) is 1. The van der Waals surface area contributed by atoms with Gasteiger partial charge < -0.3 is 20.7 Å². The zero-order valence-electron chi connectivity index (χ0n) is 31.8. The van der Waals surface area contributed by atoms with Gasteiger partial charge in [0.25, 0.3) is 0 Å². The lowest BCUT2D eigenvalue weighted by Crippen LogP contribution is -2.59. The molecule has 2 heterocycles. The Hall–Kier alpha value is -4.80. The predicted molar refractivity (Wildman–Crippen MR) is 206 cm³/mol. The molecular weight excluding hydrogens is 697 g/mol. The average Bonchev–Trinajstić information content (AvgIpc) is 3.64. The summed E-state index contributed by atoms with van der Waals surface area (Å²) in [7, 11) is 0. The van der Waals surface area contributed by atoms with E-state index in [1.54, 1.807) is 24.3 Å². The van der Waals surface area contributed by atoms with Gasteiger partial charge in [0.15, 0.2) is 11.6 Å². The van der Waals surface area contributed by atoms with E-state index in [9.17, 15) is 28.8 Å². The average molecular weight is 749 g/mol. The summed E-state index contributed by atoms with van der Waals surface area (Å²) in [6.45, 7) is 5.90. The number of unbranched alkanes of at least 4 members (excludes halogenated alkanes) is 2. The smallest absolute Gasteiger partial charge is 0.243 e. The molecule has 4 aliphatic carbocycles. The molecule has 4 N–H and O–H groups in total. The van der Waals surface area contributed by atoms with E-state index < -0.39 is 17.7 Å². The van der Waals surface area contributed by atoms with Crippen molar-refractivity contribution >= 4 is 46.6 Å². The maximum atomic E-state index is 13.9. The number of anilines is 2. The van der Waals surface area contributed by atoms with Crippen LogP contribution in [0.25, 0.3) is 0 Å². The highest BCUT2D eigenvalue weighted by Gasteiger charge is 2.61. The second kappa shape index (κ2) is 14.7. The number of hydrogen-bond donors (Lipinski definition) is 4. The van der Waals surface area contributed by atoms with Gasteiger partial charge in [0.05, 0.1) is 18.4 Å².